The number of piperidine rings is 1. The van der Waals surface area contributed by atoms with Crippen LogP contribution in [-0.2, 0) is 16.1 Å². The minimum Gasteiger partial charge on any atom is -0.478 e. The Labute approximate surface area is 224 Å². The van der Waals surface area contributed by atoms with Crippen molar-refractivity contribution in [2.24, 2.45) is 0 Å². The fraction of sp³-hybridized carbons (Fsp3) is 0.484. The van der Waals surface area contributed by atoms with Crippen LogP contribution in [0.1, 0.15) is 66.8 Å². The Balaban J connectivity index is 1.43. The molecule has 1 amide bonds. The summed E-state index contributed by atoms with van der Waals surface area (Å²) in [5, 5.41) is 10.9. The number of amides is 1. The van der Waals surface area contributed by atoms with E-state index in [1.165, 1.54) is 35.9 Å². The summed E-state index contributed by atoms with van der Waals surface area (Å²) in [7, 11) is 1.72. The number of hydrogen-bond acceptors (Lipinski definition) is 4. The number of aromatic nitrogens is 1. The molecule has 7 nitrogen and oxygen atoms in total. The summed E-state index contributed by atoms with van der Waals surface area (Å²) in [4.78, 5) is 29.5. The second kappa shape index (κ2) is 10.4. The first-order valence-corrected chi connectivity index (χ1v) is 14.1. The van der Waals surface area contributed by atoms with E-state index in [1.807, 2.05) is 17.0 Å². The smallest absolute Gasteiger partial charge is 0.335 e. The number of ether oxygens (including phenoxy) is 1. The first kappa shape index (κ1) is 25.0. The van der Waals surface area contributed by atoms with Crippen molar-refractivity contribution in [2.45, 2.75) is 63.5 Å². The van der Waals surface area contributed by atoms with Gasteiger partial charge in [0, 0.05) is 55.4 Å². The molecule has 3 aliphatic rings. The maximum atomic E-state index is 13.5. The number of anilines is 1. The van der Waals surface area contributed by atoms with E-state index in [9.17, 15) is 14.7 Å². The Morgan fingerprint density at radius 2 is 1.79 bits per heavy atom. The monoisotopic (exact) mass is 515 g/mol. The van der Waals surface area contributed by atoms with Crippen LogP contribution >= 0.6 is 0 Å². The number of carbonyl (C=O) groups excluding carboxylic acids is 1. The van der Waals surface area contributed by atoms with Gasteiger partial charge in [-0.2, -0.15) is 0 Å². The van der Waals surface area contributed by atoms with E-state index in [0.717, 1.165) is 49.0 Å². The Kier molecular flexibility index (Phi) is 6.87. The summed E-state index contributed by atoms with van der Waals surface area (Å²) in [6.45, 7) is 3.14. The van der Waals surface area contributed by atoms with Gasteiger partial charge in [0.15, 0.2) is 0 Å². The average molecular weight is 516 g/mol. The molecule has 7 heteroatoms. The number of methoxy groups -OCH3 is 1. The van der Waals surface area contributed by atoms with E-state index in [4.69, 9.17) is 4.74 Å². The predicted molar refractivity (Wildman–Crippen MR) is 149 cm³/mol. The molecule has 1 aromatic heterocycles. The molecular weight excluding hydrogens is 478 g/mol. The van der Waals surface area contributed by atoms with Gasteiger partial charge in [-0.1, -0.05) is 43.5 Å². The Morgan fingerprint density at radius 1 is 0.974 bits per heavy atom. The first-order valence-electron chi connectivity index (χ1n) is 14.1. The van der Waals surface area contributed by atoms with Crippen molar-refractivity contribution in [2.75, 3.05) is 38.2 Å². The van der Waals surface area contributed by atoms with E-state index in [0.29, 0.717) is 37.7 Å². The molecule has 6 rings (SSSR count). The zero-order chi connectivity index (χ0) is 26.2. The maximum Gasteiger partial charge on any atom is 0.335 e. The number of carboxylic acids is 1. The third-order valence-electron chi connectivity index (χ3n) is 8.85. The number of aromatic carboxylic acids is 1. The van der Waals surface area contributed by atoms with Gasteiger partial charge in [-0.3, -0.25) is 4.79 Å². The van der Waals surface area contributed by atoms with E-state index >= 15 is 0 Å². The topological polar surface area (TPSA) is 75.0 Å². The third kappa shape index (κ3) is 4.47. The number of carboxylic acid groups (broad SMARTS) is 1. The molecule has 0 spiro atoms. The van der Waals surface area contributed by atoms with Gasteiger partial charge < -0.3 is 24.2 Å². The van der Waals surface area contributed by atoms with Crippen molar-refractivity contribution in [1.82, 2.24) is 9.47 Å². The largest absolute Gasteiger partial charge is 0.478 e. The van der Waals surface area contributed by atoms with Crippen LogP contribution in [0.15, 0.2) is 42.5 Å². The van der Waals surface area contributed by atoms with Crippen LogP contribution in [0, 0.1) is 0 Å². The van der Waals surface area contributed by atoms with Gasteiger partial charge in [0.25, 0.3) is 0 Å². The lowest BCUT2D eigenvalue weighted by Crippen LogP contribution is -2.47. The van der Waals surface area contributed by atoms with Gasteiger partial charge in [0.1, 0.15) is 0 Å². The highest BCUT2D eigenvalue weighted by molar-refractivity contribution is 6.00. The van der Waals surface area contributed by atoms with Crippen LogP contribution in [0.25, 0.3) is 22.2 Å². The van der Waals surface area contributed by atoms with Crippen LogP contribution in [0.2, 0.25) is 0 Å². The fourth-order valence-electron chi connectivity index (χ4n) is 6.91. The SMILES string of the molecule is COC1CCCN(C(=O)CN2CCn3c(c(C4CCCCC4)c4ccc(C(=O)O)cc43)-c3ccccc32)C1. The number of fused-ring (bicyclic) bond motifs is 5. The molecule has 1 saturated heterocycles. The van der Waals surface area contributed by atoms with Gasteiger partial charge in [-0.05, 0) is 55.4 Å². The van der Waals surface area contributed by atoms with Crippen LogP contribution in [0.3, 0.4) is 0 Å². The molecule has 2 aliphatic heterocycles. The van der Waals surface area contributed by atoms with Crippen molar-refractivity contribution in [1.29, 1.82) is 0 Å². The Morgan fingerprint density at radius 3 is 2.58 bits per heavy atom. The summed E-state index contributed by atoms with van der Waals surface area (Å²) in [5.74, 6) is -0.309. The molecular formula is C31H37N3O4. The lowest BCUT2D eigenvalue weighted by molar-refractivity contribution is -0.133. The zero-order valence-electron chi connectivity index (χ0n) is 22.2. The predicted octanol–water partition coefficient (Wildman–Crippen LogP) is 5.51. The van der Waals surface area contributed by atoms with Gasteiger partial charge in [-0.25, -0.2) is 4.79 Å². The summed E-state index contributed by atoms with van der Waals surface area (Å²) < 4.78 is 7.89. The molecule has 1 aliphatic carbocycles. The second-order valence-corrected chi connectivity index (χ2v) is 11.1. The molecule has 2 aromatic carbocycles. The quantitative estimate of drug-likeness (QED) is 0.485. The maximum absolute atomic E-state index is 13.5. The van der Waals surface area contributed by atoms with E-state index in [1.54, 1.807) is 13.2 Å². The number of likely N-dealkylation sites (tertiary alicyclic amines) is 1. The van der Waals surface area contributed by atoms with E-state index < -0.39 is 5.97 Å². The molecule has 200 valence electrons. The minimum atomic E-state index is -0.904. The average Bonchev–Trinajstić information content (AvgIpc) is 3.20. The zero-order valence-corrected chi connectivity index (χ0v) is 22.2. The molecule has 3 aromatic rings. The van der Waals surface area contributed by atoms with Gasteiger partial charge in [0.05, 0.1) is 23.9 Å². The lowest BCUT2D eigenvalue weighted by Gasteiger charge is -2.34. The number of carbonyl (C=O) groups is 2. The summed E-state index contributed by atoms with van der Waals surface area (Å²) in [6, 6.07) is 14.1. The third-order valence-corrected chi connectivity index (χ3v) is 8.85. The normalized spacial score (nSPS) is 20.2. The molecule has 1 N–H and O–H groups in total. The van der Waals surface area contributed by atoms with Crippen LogP contribution in [0.4, 0.5) is 5.69 Å². The lowest BCUT2D eigenvalue weighted by atomic mass is 9.81. The molecule has 3 heterocycles. The number of benzene rings is 2. The number of nitrogens with zero attached hydrogens (tertiary/aromatic N) is 3. The van der Waals surface area contributed by atoms with Crippen molar-refractivity contribution in [3.05, 3.63) is 53.6 Å². The number of rotatable bonds is 5. The molecule has 0 radical (unpaired) electrons. The molecule has 38 heavy (non-hydrogen) atoms. The summed E-state index contributed by atoms with van der Waals surface area (Å²) >= 11 is 0. The summed E-state index contributed by atoms with van der Waals surface area (Å²) in [5.41, 5.74) is 6.09. The summed E-state index contributed by atoms with van der Waals surface area (Å²) in [6.07, 6.45) is 8.12. The van der Waals surface area contributed by atoms with E-state index in [-0.39, 0.29) is 12.0 Å². The van der Waals surface area contributed by atoms with Crippen LogP contribution < -0.4 is 4.90 Å². The van der Waals surface area contributed by atoms with Crippen molar-refractivity contribution in [3.8, 4) is 11.3 Å². The Bertz CT molecular complexity index is 1360. The Hall–Kier alpha value is -3.32. The van der Waals surface area contributed by atoms with Gasteiger partial charge in [-0.15, -0.1) is 0 Å². The highest BCUT2D eigenvalue weighted by Gasteiger charge is 2.32. The molecule has 1 atom stereocenters. The van der Waals surface area contributed by atoms with Crippen molar-refractivity contribution >= 4 is 28.5 Å². The number of para-hydroxylation sites is 1. The van der Waals surface area contributed by atoms with Gasteiger partial charge in [0.2, 0.25) is 5.91 Å². The fourth-order valence-corrected chi connectivity index (χ4v) is 6.91. The molecule has 1 unspecified atom stereocenters. The highest BCUT2D eigenvalue weighted by Crippen LogP contribution is 2.47. The highest BCUT2D eigenvalue weighted by atomic mass is 16.5. The molecule has 1 saturated carbocycles. The van der Waals surface area contributed by atoms with Crippen LogP contribution in [-0.4, -0.2) is 65.8 Å². The standard InChI is InChI=1S/C31H37N3O4/c1-38-23-10-7-15-33(19-23)28(35)20-32-16-17-34-27-18-22(31(36)37)13-14-24(27)29(21-8-3-2-4-9-21)30(34)25-11-5-6-12-26(25)32/h5-6,11-14,18,21,23H,2-4,7-10,15-17,19-20H2,1H3,(H,36,37). The second-order valence-electron chi connectivity index (χ2n) is 11.1. The first-order chi connectivity index (χ1) is 18.5. The van der Waals surface area contributed by atoms with Gasteiger partial charge >= 0.3 is 5.97 Å². The molecule has 0 bridgehead atoms. The minimum absolute atomic E-state index is 0.109. The van der Waals surface area contributed by atoms with Crippen molar-refractivity contribution in [3.63, 3.8) is 0 Å². The van der Waals surface area contributed by atoms with E-state index in [2.05, 4.69) is 33.7 Å². The molecule has 2 fully saturated rings. The van der Waals surface area contributed by atoms with Crippen molar-refractivity contribution < 1.29 is 19.4 Å². The number of hydrogen-bond donors (Lipinski definition) is 1. The van der Waals surface area contributed by atoms with Crippen LogP contribution in [0.5, 0.6) is 0 Å².